The van der Waals surface area contributed by atoms with Gasteiger partial charge in [-0.3, -0.25) is 9.79 Å². The van der Waals surface area contributed by atoms with Crippen LogP contribution in [0.4, 0.5) is 11.4 Å². The highest BCUT2D eigenvalue weighted by Gasteiger charge is 2.36. The summed E-state index contributed by atoms with van der Waals surface area (Å²) >= 11 is 13.1. The lowest BCUT2D eigenvalue weighted by Crippen LogP contribution is -2.22. The number of nitrogens with zero attached hydrogens (tertiary/aromatic N) is 2. The number of anilines is 1. The molecule has 1 unspecified atom stereocenters. The van der Waals surface area contributed by atoms with Crippen LogP contribution in [0.5, 0.6) is 0 Å². The molecule has 4 rings (SSSR count). The van der Waals surface area contributed by atoms with Gasteiger partial charge in [0, 0.05) is 27.8 Å². The van der Waals surface area contributed by atoms with Gasteiger partial charge >= 0.3 is 5.97 Å². The van der Waals surface area contributed by atoms with E-state index in [1.807, 2.05) is 49.3 Å². The predicted molar refractivity (Wildman–Crippen MR) is 136 cm³/mol. The van der Waals surface area contributed by atoms with Crippen LogP contribution in [-0.4, -0.2) is 43.7 Å². The Morgan fingerprint density at radius 1 is 1.03 bits per heavy atom. The Labute approximate surface area is 208 Å². The molecule has 0 bridgehead atoms. The van der Waals surface area contributed by atoms with E-state index in [4.69, 9.17) is 32.9 Å². The maximum absolute atomic E-state index is 13.1. The monoisotopic (exact) mass is 495 g/mol. The SMILES string of the molecule is COC(=O)c1ccc2c(c1)NC(=O)C2C(=Nc1cc(Cl)c(CN(C)C)c(Cl)c1)c1ccccc1. The van der Waals surface area contributed by atoms with Crippen molar-refractivity contribution in [1.82, 2.24) is 4.90 Å². The van der Waals surface area contributed by atoms with Crippen molar-refractivity contribution in [3.05, 3.63) is 93.0 Å². The molecule has 1 heterocycles. The van der Waals surface area contributed by atoms with Crippen molar-refractivity contribution in [2.24, 2.45) is 4.99 Å². The van der Waals surface area contributed by atoms with E-state index in [0.717, 1.165) is 16.7 Å². The lowest BCUT2D eigenvalue weighted by atomic mass is 9.90. The topological polar surface area (TPSA) is 71.0 Å². The number of amides is 1. The summed E-state index contributed by atoms with van der Waals surface area (Å²) in [5, 5.41) is 3.88. The van der Waals surface area contributed by atoms with Gasteiger partial charge < -0.3 is 15.0 Å². The minimum Gasteiger partial charge on any atom is -0.465 e. The quantitative estimate of drug-likeness (QED) is 0.351. The highest BCUT2D eigenvalue weighted by atomic mass is 35.5. The summed E-state index contributed by atoms with van der Waals surface area (Å²) in [7, 11) is 5.19. The second-order valence-corrected chi connectivity index (χ2v) is 9.02. The van der Waals surface area contributed by atoms with Crippen LogP contribution >= 0.6 is 23.2 Å². The van der Waals surface area contributed by atoms with E-state index in [-0.39, 0.29) is 5.91 Å². The van der Waals surface area contributed by atoms with Crippen molar-refractivity contribution < 1.29 is 14.3 Å². The minimum atomic E-state index is -0.678. The average molecular weight is 496 g/mol. The van der Waals surface area contributed by atoms with E-state index in [9.17, 15) is 9.59 Å². The van der Waals surface area contributed by atoms with Crippen molar-refractivity contribution in [2.75, 3.05) is 26.5 Å². The van der Waals surface area contributed by atoms with E-state index in [1.165, 1.54) is 7.11 Å². The predicted octanol–water partition coefficient (Wildman–Crippen LogP) is 5.70. The number of fused-ring (bicyclic) bond motifs is 1. The molecular weight excluding hydrogens is 473 g/mol. The zero-order valence-corrected chi connectivity index (χ0v) is 20.4. The number of hydrogen-bond acceptors (Lipinski definition) is 5. The van der Waals surface area contributed by atoms with Crippen molar-refractivity contribution in [3.63, 3.8) is 0 Å². The first-order valence-corrected chi connectivity index (χ1v) is 11.3. The van der Waals surface area contributed by atoms with Crippen LogP contribution in [0.15, 0.2) is 65.7 Å². The van der Waals surface area contributed by atoms with E-state index < -0.39 is 11.9 Å². The molecule has 174 valence electrons. The van der Waals surface area contributed by atoms with Crippen molar-refractivity contribution in [2.45, 2.75) is 12.5 Å². The van der Waals surface area contributed by atoms with Crippen molar-refractivity contribution in [1.29, 1.82) is 0 Å². The molecule has 3 aromatic carbocycles. The second kappa shape index (κ2) is 9.97. The third-order valence-electron chi connectivity index (χ3n) is 5.50. The number of halogens is 2. The Morgan fingerprint density at radius 2 is 1.71 bits per heavy atom. The van der Waals surface area contributed by atoms with E-state index in [0.29, 0.717) is 39.2 Å². The Bertz CT molecular complexity index is 1270. The summed E-state index contributed by atoms with van der Waals surface area (Å²) in [6, 6.07) is 18.0. The third-order valence-corrected chi connectivity index (χ3v) is 6.17. The maximum atomic E-state index is 13.1. The number of aliphatic imine (C=N–C) groups is 1. The van der Waals surface area contributed by atoms with Gasteiger partial charge in [0.2, 0.25) is 5.91 Å². The molecule has 1 atom stereocenters. The van der Waals surface area contributed by atoms with Crippen LogP contribution in [0.25, 0.3) is 0 Å². The molecule has 1 N–H and O–H groups in total. The van der Waals surface area contributed by atoms with Crippen LogP contribution < -0.4 is 5.32 Å². The number of esters is 1. The van der Waals surface area contributed by atoms with Gasteiger partial charge in [-0.1, -0.05) is 59.6 Å². The number of carbonyl (C=O) groups is 2. The molecule has 34 heavy (non-hydrogen) atoms. The summed E-state index contributed by atoms with van der Waals surface area (Å²) in [6.45, 7) is 0.591. The van der Waals surface area contributed by atoms with Crippen molar-refractivity contribution >= 4 is 52.2 Å². The standard InChI is InChI=1S/C26H23Cl2N3O3/c1-31(2)14-19-20(27)12-17(13-21(19)28)29-24(15-7-5-4-6-8-15)23-18-10-9-16(26(33)34-3)11-22(18)30-25(23)32/h4-13,23H,14H2,1-3H3,(H,30,32). The van der Waals surface area contributed by atoms with Crippen LogP contribution in [-0.2, 0) is 16.1 Å². The number of hydrogen-bond donors (Lipinski definition) is 1. The molecular formula is C26H23Cl2N3O3. The van der Waals surface area contributed by atoms with Gasteiger partial charge in [0.05, 0.1) is 24.1 Å². The number of benzene rings is 3. The fourth-order valence-corrected chi connectivity index (χ4v) is 4.54. The average Bonchev–Trinajstić information content (AvgIpc) is 3.14. The molecule has 0 aliphatic carbocycles. The lowest BCUT2D eigenvalue weighted by Gasteiger charge is -2.16. The Kier molecular flexibility index (Phi) is 7.03. The molecule has 0 fully saturated rings. The van der Waals surface area contributed by atoms with Crippen LogP contribution in [0, 0.1) is 0 Å². The number of rotatable bonds is 6. The van der Waals surface area contributed by atoms with Crippen LogP contribution in [0.1, 0.15) is 33.0 Å². The van der Waals surface area contributed by atoms with Crippen molar-refractivity contribution in [3.8, 4) is 0 Å². The molecule has 0 aromatic heterocycles. The van der Waals surface area contributed by atoms with E-state index >= 15 is 0 Å². The molecule has 1 aliphatic heterocycles. The number of carbonyl (C=O) groups excluding carboxylic acids is 2. The smallest absolute Gasteiger partial charge is 0.337 e. The Hall–Kier alpha value is -3.19. The first-order valence-electron chi connectivity index (χ1n) is 10.6. The summed E-state index contributed by atoms with van der Waals surface area (Å²) in [5.74, 6) is -1.39. The molecule has 1 amide bonds. The zero-order chi connectivity index (χ0) is 24.4. The van der Waals surface area contributed by atoms with Gasteiger partial charge in [0.15, 0.2) is 0 Å². The molecule has 6 nitrogen and oxygen atoms in total. The Balaban J connectivity index is 1.83. The van der Waals surface area contributed by atoms with E-state index in [2.05, 4.69) is 5.32 Å². The normalized spacial score (nSPS) is 15.3. The molecule has 0 saturated carbocycles. The van der Waals surface area contributed by atoms with Crippen LogP contribution in [0.2, 0.25) is 10.0 Å². The first-order chi connectivity index (χ1) is 16.3. The zero-order valence-electron chi connectivity index (χ0n) is 18.9. The summed E-state index contributed by atoms with van der Waals surface area (Å²) < 4.78 is 4.80. The minimum absolute atomic E-state index is 0.235. The molecule has 8 heteroatoms. The van der Waals surface area contributed by atoms with Gasteiger partial charge in [-0.2, -0.15) is 0 Å². The number of nitrogens with one attached hydrogen (secondary N) is 1. The molecule has 0 radical (unpaired) electrons. The summed E-state index contributed by atoms with van der Waals surface area (Å²) in [5.41, 5.74) is 4.33. The van der Waals surface area contributed by atoms with Gasteiger partial charge in [-0.15, -0.1) is 0 Å². The van der Waals surface area contributed by atoms with Gasteiger partial charge in [0.1, 0.15) is 5.92 Å². The summed E-state index contributed by atoms with van der Waals surface area (Å²) in [6.07, 6.45) is 0. The largest absolute Gasteiger partial charge is 0.465 e. The lowest BCUT2D eigenvalue weighted by molar-refractivity contribution is -0.115. The number of methoxy groups -OCH3 is 1. The van der Waals surface area contributed by atoms with E-state index in [1.54, 1.807) is 30.3 Å². The fraction of sp³-hybridized carbons (Fsp3) is 0.192. The summed E-state index contributed by atoms with van der Waals surface area (Å²) in [4.78, 5) is 31.9. The van der Waals surface area contributed by atoms with Crippen LogP contribution in [0.3, 0.4) is 0 Å². The highest BCUT2D eigenvalue weighted by molar-refractivity contribution is 6.36. The third kappa shape index (κ3) is 4.85. The molecule has 1 aliphatic rings. The maximum Gasteiger partial charge on any atom is 0.337 e. The van der Waals surface area contributed by atoms with Gasteiger partial charge in [0.25, 0.3) is 0 Å². The fourth-order valence-electron chi connectivity index (χ4n) is 3.94. The molecule has 0 spiro atoms. The Morgan fingerprint density at radius 3 is 2.32 bits per heavy atom. The number of ether oxygens (including phenoxy) is 1. The second-order valence-electron chi connectivity index (χ2n) is 8.20. The highest BCUT2D eigenvalue weighted by Crippen LogP contribution is 2.38. The molecule has 3 aromatic rings. The van der Waals surface area contributed by atoms with Gasteiger partial charge in [-0.25, -0.2) is 4.79 Å². The van der Waals surface area contributed by atoms with Gasteiger partial charge in [-0.05, 0) is 49.5 Å². The first kappa shape index (κ1) is 24.0. The molecule has 0 saturated heterocycles.